The van der Waals surface area contributed by atoms with Crippen LogP contribution in [0.25, 0.3) is 11.1 Å². The number of ether oxygens (including phenoxy) is 1. The fraction of sp³-hybridized carbons (Fsp3) is 0.682. The molecule has 3 aliphatic carbocycles. The lowest BCUT2D eigenvalue weighted by molar-refractivity contribution is -0.183. The van der Waals surface area contributed by atoms with Gasteiger partial charge in [-0.2, -0.15) is 5.06 Å². The largest absolute Gasteiger partial charge is 0.496 e. The first kappa shape index (κ1) is 43.6. The number of hydroxylamine groups is 2. The lowest BCUT2D eigenvalue weighted by Gasteiger charge is -2.62. The fourth-order valence-corrected chi connectivity index (χ4v) is 10.6. The molecule has 5 fully saturated rings. The molecule has 2 aromatic carbocycles. The van der Waals surface area contributed by atoms with Crippen molar-refractivity contribution in [2.75, 3.05) is 59.9 Å². The number of hydrogen-bond acceptors (Lipinski definition) is 10. The Labute approximate surface area is 344 Å². The predicted molar refractivity (Wildman–Crippen MR) is 225 cm³/mol. The third kappa shape index (κ3) is 9.27. The standard InChI is InChI=1S/C44H67ClN6O6/c1-25-35-19-29(44(35,3)4)20-37(25)48-43(55)40-39(26(2)53)38(24-52)57-51(40)23-34-36(45)14-13-33(41(34)56-9)27-16-28(18-32(17-27)50(7)8)42(54)47-31(22-49(5)6)21-30-12-10-11-15-46-30/h13-14,16-18,25-26,29-31,35,37-40,46,52-53H,10-12,15,19-24H2,1-9H3,(H,47,54)(H,48,55)/t25-,26-,29+,30?,31-,35-,37-,38-,39+,40-/m0/s1. The highest BCUT2D eigenvalue weighted by molar-refractivity contribution is 6.31. The van der Waals surface area contributed by atoms with E-state index in [0.717, 1.165) is 49.2 Å². The number of halogens is 1. The molecule has 0 aromatic heterocycles. The zero-order valence-electron chi connectivity index (χ0n) is 35.5. The van der Waals surface area contributed by atoms with Crippen LogP contribution in [0, 0.1) is 29.1 Å². The van der Waals surface area contributed by atoms with E-state index < -0.39 is 24.2 Å². The Balaban J connectivity index is 1.30. The van der Waals surface area contributed by atoms with Gasteiger partial charge >= 0.3 is 0 Å². The maximum Gasteiger partial charge on any atom is 0.251 e. The van der Waals surface area contributed by atoms with Crippen molar-refractivity contribution < 1.29 is 29.4 Å². The second kappa shape index (κ2) is 18.1. The van der Waals surface area contributed by atoms with Crippen molar-refractivity contribution in [2.45, 2.75) is 109 Å². The van der Waals surface area contributed by atoms with E-state index in [-0.39, 0.29) is 42.5 Å². The van der Waals surface area contributed by atoms with E-state index in [1.54, 1.807) is 25.2 Å². The summed E-state index contributed by atoms with van der Waals surface area (Å²) in [7, 11) is 9.52. The molecular formula is C44H67ClN6O6. The third-order valence-corrected chi connectivity index (χ3v) is 14.0. The summed E-state index contributed by atoms with van der Waals surface area (Å²) in [6, 6.07) is 8.92. The minimum atomic E-state index is -0.933. The van der Waals surface area contributed by atoms with Crippen molar-refractivity contribution >= 4 is 29.1 Å². The minimum absolute atomic E-state index is 0.0119. The average molecular weight is 812 g/mol. The van der Waals surface area contributed by atoms with Crippen molar-refractivity contribution in [1.29, 1.82) is 0 Å². The Kier molecular flexibility index (Phi) is 13.9. The van der Waals surface area contributed by atoms with E-state index in [9.17, 15) is 19.8 Å². The summed E-state index contributed by atoms with van der Waals surface area (Å²) < 4.78 is 6.12. The number of hydrogen-bond donors (Lipinski definition) is 5. The normalized spacial score (nSPS) is 29.4. The number of aliphatic hydroxyl groups excluding tert-OH is 2. The number of benzene rings is 2. The summed E-state index contributed by atoms with van der Waals surface area (Å²) in [6.07, 6.45) is 4.70. The van der Waals surface area contributed by atoms with Gasteiger partial charge in [0.05, 0.1) is 26.4 Å². The number of rotatable bonds is 15. The van der Waals surface area contributed by atoms with Crippen LogP contribution in [0.3, 0.4) is 0 Å². The number of likely N-dealkylation sites (N-methyl/N-ethyl adjacent to an activating group) is 1. The van der Waals surface area contributed by atoms with E-state index in [0.29, 0.717) is 45.7 Å². The molecule has 2 bridgehead atoms. The molecule has 2 saturated heterocycles. The van der Waals surface area contributed by atoms with E-state index in [1.165, 1.54) is 19.3 Å². The Hall–Kier alpha value is -2.97. The van der Waals surface area contributed by atoms with Crippen LogP contribution >= 0.6 is 11.6 Å². The molecule has 2 aromatic rings. The number of carbonyl (C=O) groups is 2. The lowest BCUT2D eigenvalue weighted by atomic mass is 9.45. The molecule has 13 heteroatoms. The van der Waals surface area contributed by atoms with Crippen LogP contribution in [0.15, 0.2) is 30.3 Å². The average Bonchev–Trinajstić information content (AvgIpc) is 3.54. The first-order valence-electron chi connectivity index (χ1n) is 20.9. The zero-order valence-corrected chi connectivity index (χ0v) is 36.2. The van der Waals surface area contributed by atoms with Crippen LogP contribution in [-0.4, -0.2) is 123 Å². The number of methoxy groups -OCH3 is 1. The summed E-state index contributed by atoms with van der Waals surface area (Å²) in [5.74, 6) is 0.813. The Bertz CT molecular complexity index is 1730. The smallest absolute Gasteiger partial charge is 0.251 e. The van der Waals surface area contributed by atoms with Gasteiger partial charge in [-0.25, -0.2) is 0 Å². The third-order valence-electron chi connectivity index (χ3n) is 13.7. The van der Waals surface area contributed by atoms with Gasteiger partial charge in [-0.15, -0.1) is 0 Å². The summed E-state index contributed by atoms with van der Waals surface area (Å²) in [5.41, 5.74) is 3.70. The van der Waals surface area contributed by atoms with Crippen molar-refractivity contribution in [3.63, 3.8) is 0 Å². The van der Waals surface area contributed by atoms with Gasteiger partial charge in [-0.05, 0) is 119 Å². The highest BCUT2D eigenvalue weighted by Gasteiger charge is 2.57. The number of nitrogens with zero attached hydrogens (tertiary/aromatic N) is 3. The summed E-state index contributed by atoms with van der Waals surface area (Å²) in [5, 5.41) is 33.7. The number of fused-ring (bicyclic) bond motifs is 2. The van der Waals surface area contributed by atoms with Crippen molar-refractivity contribution in [3.05, 3.63) is 46.5 Å². The molecule has 7 rings (SSSR count). The van der Waals surface area contributed by atoms with Gasteiger partial charge in [0.2, 0.25) is 5.91 Å². The van der Waals surface area contributed by atoms with Crippen molar-refractivity contribution in [2.24, 2.45) is 29.1 Å². The Morgan fingerprint density at radius 2 is 1.89 bits per heavy atom. The topological polar surface area (TPSA) is 139 Å². The molecule has 5 aliphatic rings. The summed E-state index contributed by atoms with van der Waals surface area (Å²) in [4.78, 5) is 38.8. The molecule has 1 unspecified atom stereocenters. The predicted octanol–water partition coefficient (Wildman–Crippen LogP) is 4.93. The van der Waals surface area contributed by atoms with Crippen LogP contribution in [-0.2, 0) is 16.2 Å². The Morgan fingerprint density at radius 3 is 2.49 bits per heavy atom. The Morgan fingerprint density at radius 1 is 1.14 bits per heavy atom. The fourth-order valence-electron chi connectivity index (χ4n) is 10.4. The van der Waals surface area contributed by atoms with Gasteiger partial charge < -0.3 is 40.7 Å². The van der Waals surface area contributed by atoms with Gasteiger partial charge in [0.15, 0.2) is 0 Å². The van der Waals surface area contributed by atoms with E-state index in [4.69, 9.17) is 21.2 Å². The summed E-state index contributed by atoms with van der Waals surface area (Å²) in [6.45, 7) is 9.94. The van der Waals surface area contributed by atoms with E-state index in [1.807, 2.05) is 57.4 Å². The second-order valence-corrected chi connectivity index (χ2v) is 18.7. The SMILES string of the molecule is COc1c(-c2cc(C(=O)N[C@@H](CC3CCCCN3)CN(C)C)cc(N(C)C)c2)ccc(Cl)c1CN1O[C@@H](CO)[C@@H]([C@H](C)O)[C@H]1C(=O)N[C@H]1C[C@H]2C[C@@H]([C@@H]1C)C2(C)C. The maximum atomic E-state index is 14.4. The van der Waals surface area contributed by atoms with E-state index in [2.05, 4.69) is 41.6 Å². The number of nitrogens with one attached hydrogen (secondary N) is 3. The first-order chi connectivity index (χ1) is 27.0. The molecular weight excluding hydrogens is 744 g/mol. The van der Waals surface area contributed by atoms with Gasteiger partial charge in [0.1, 0.15) is 17.9 Å². The molecule has 316 valence electrons. The van der Waals surface area contributed by atoms with E-state index >= 15 is 0 Å². The highest BCUT2D eigenvalue weighted by Crippen LogP contribution is 2.61. The van der Waals surface area contributed by atoms with Gasteiger partial charge in [-0.1, -0.05) is 38.8 Å². The summed E-state index contributed by atoms with van der Waals surface area (Å²) >= 11 is 6.96. The quantitative estimate of drug-likeness (QED) is 0.168. The number of amides is 2. The molecule has 0 spiro atoms. The zero-order chi connectivity index (χ0) is 41.3. The van der Waals surface area contributed by atoms with Crippen LogP contribution in [0.2, 0.25) is 5.02 Å². The van der Waals surface area contributed by atoms with Crippen LogP contribution < -0.4 is 25.6 Å². The molecule has 2 heterocycles. The molecule has 57 heavy (non-hydrogen) atoms. The van der Waals surface area contributed by atoms with Gasteiger partial charge in [0, 0.05) is 72.1 Å². The molecule has 10 atom stereocenters. The lowest BCUT2D eigenvalue weighted by Crippen LogP contribution is -2.62. The first-order valence-corrected chi connectivity index (χ1v) is 21.3. The molecule has 3 saturated carbocycles. The molecule has 5 N–H and O–H groups in total. The number of anilines is 1. The number of carbonyl (C=O) groups excluding carboxylic acids is 2. The van der Waals surface area contributed by atoms with Crippen LogP contribution in [0.1, 0.15) is 82.1 Å². The van der Waals surface area contributed by atoms with Gasteiger partial charge in [-0.3, -0.25) is 14.4 Å². The van der Waals surface area contributed by atoms with Crippen molar-refractivity contribution in [1.82, 2.24) is 25.9 Å². The maximum absolute atomic E-state index is 14.4. The van der Waals surface area contributed by atoms with Gasteiger partial charge in [0.25, 0.3) is 5.91 Å². The van der Waals surface area contributed by atoms with Crippen molar-refractivity contribution in [3.8, 4) is 16.9 Å². The van der Waals surface area contributed by atoms with Crippen LogP contribution in [0.5, 0.6) is 5.75 Å². The number of aliphatic hydroxyl groups is 2. The molecule has 2 amide bonds. The number of piperidine rings is 1. The molecule has 12 nitrogen and oxygen atoms in total. The molecule has 0 radical (unpaired) electrons. The van der Waals surface area contributed by atoms with Crippen LogP contribution in [0.4, 0.5) is 5.69 Å². The second-order valence-electron chi connectivity index (χ2n) is 18.3. The monoisotopic (exact) mass is 810 g/mol. The highest BCUT2D eigenvalue weighted by atomic mass is 35.5. The minimum Gasteiger partial charge on any atom is -0.496 e. The molecule has 2 aliphatic heterocycles.